The zero-order valence-electron chi connectivity index (χ0n) is 25.9. The lowest BCUT2D eigenvalue weighted by molar-refractivity contribution is -0.149. The molecule has 0 aromatic heterocycles. The van der Waals surface area contributed by atoms with Crippen LogP contribution in [0.25, 0.3) is 0 Å². The number of nitrogens with zero attached hydrogens (tertiary/aromatic N) is 3. The standard InChI is InChI=1S/C34H46N4O5/c1-24(33(42)38-18-12-7-13-19-38)20-30(39)28(22-26-14-8-5-9-15-26)36(3)34(43)29(23-27-16-10-6-11-17-27)37(4)32(41)25(2)21-31(35)40/h5-6,8-11,14-17,24-25,28-29H,7,12-13,18-23H2,1-4H3,(H2,35,40)/t24-,25+,28+,29+/m1/s1. The van der Waals surface area contributed by atoms with E-state index < -0.39 is 35.7 Å². The van der Waals surface area contributed by atoms with Gasteiger partial charge >= 0.3 is 0 Å². The largest absolute Gasteiger partial charge is 0.370 e. The average molecular weight is 591 g/mol. The van der Waals surface area contributed by atoms with Crippen molar-refractivity contribution in [2.24, 2.45) is 17.6 Å². The number of hydrogen-bond donors (Lipinski definition) is 1. The minimum Gasteiger partial charge on any atom is -0.370 e. The number of ketones is 1. The number of Topliss-reactive ketones (excluding diaryl/α,β-unsaturated/α-hetero) is 1. The Labute approximate surface area is 255 Å². The second-order valence-corrected chi connectivity index (χ2v) is 11.8. The summed E-state index contributed by atoms with van der Waals surface area (Å²) >= 11 is 0. The maximum atomic E-state index is 14.3. The Kier molecular flexibility index (Phi) is 12.5. The van der Waals surface area contributed by atoms with Crippen molar-refractivity contribution >= 4 is 29.4 Å². The predicted octanol–water partition coefficient (Wildman–Crippen LogP) is 3.25. The third-order valence-corrected chi connectivity index (χ3v) is 8.36. The summed E-state index contributed by atoms with van der Waals surface area (Å²) < 4.78 is 0. The van der Waals surface area contributed by atoms with Crippen LogP contribution in [0.4, 0.5) is 0 Å². The fourth-order valence-electron chi connectivity index (χ4n) is 5.76. The van der Waals surface area contributed by atoms with Crippen LogP contribution < -0.4 is 5.73 Å². The zero-order valence-corrected chi connectivity index (χ0v) is 25.9. The molecule has 1 saturated heterocycles. The molecule has 0 unspecified atom stereocenters. The van der Waals surface area contributed by atoms with Crippen LogP contribution in [-0.2, 0) is 36.8 Å². The highest BCUT2D eigenvalue weighted by Gasteiger charge is 2.37. The number of likely N-dealkylation sites (N-methyl/N-ethyl adjacent to an activating group) is 2. The van der Waals surface area contributed by atoms with Crippen LogP contribution in [0.2, 0.25) is 0 Å². The molecule has 0 aliphatic carbocycles. The van der Waals surface area contributed by atoms with Gasteiger partial charge in [-0.2, -0.15) is 0 Å². The van der Waals surface area contributed by atoms with Crippen molar-refractivity contribution in [1.82, 2.24) is 14.7 Å². The van der Waals surface area contributed by atoms with Crippen molar-refractivity contribution in [2.45, 2.75) is 70.9 Å². The van der Waals surface area contributed by atoms with Gasteiger partial charge in [-0.05, 0) is 36.8 Å². The van der Waals surface area contributed by atoms with Gasteiger partial charge < -0.3 is 20.4 Å². The molecule has 4 atom stereocenters. The van der Waals surface area contributed by atoms with Gasteiger partial charge in [0.2, 0.25) is 23.6 Å². The van der Waals surface area contributed by atoms with E-state index in [-0.39, 0.29) is 43.3 Å². The van der Waals surface area contributed by atoms with E-state index in [2.05, 4.69) is 0 Å². The van der Waals surface area contributed by atoms with Crippen LogP contribution in [0.5, 0.6) is 0 Å². The maximum Gasteiger partial charge on any atom is 0.246 e. The van der Waals surface area contributed by atoms with E-state index in [0.717, 1.165) is 30.4 Å². The van der Waals surface area contributed by atoms with Gasteiger partial charge in [0.1, 0.15) is 6.04 Å². The monoisotopic (exact) mass is 590 g/mol. The van der Waals surface area contributed by atoms with Gasteiger partial charge in [-0.15, -0.1) is 0 Å². The minimum absolute atomic E-state index is 0.0121. The van der Waals surface area contributed by atoms with Crippen LogP contribution in [0.1, 0.15) is 57.1 Å². The van der Waals surface area contributed by atoms with Crippen LogP contribution in [0.15, 0.2) is 60.7 Å². The number of carbonyl (C=O) groups is 5. The number of hydrogen-bond acceptors (Lipinski definition) is 5. The van der Waals surface area contributed by atoms with E-state index in [9.17, 15) is 24.0 Å². The summed E-state index contributed by atoms with van der Waals surface area (Å²) in [6.07, 6.45) is 3.42. The highest BCUT2D eigenvalue weighted by Crippen LogP contribution is 2.21. The number of rotatable bonds is 14. The molecule has 2 aromatic rings. The lowest BCUT2D eigenvalue weighted by Crippen LogP contribution is -2.55. The molecule has 9 nitrogen and oxygen atoms in total. The number of nitrogens with two attached hydrogens (primary N) is 1. The molecule has 1 aliphatic rings. The molecule has 0 saturated carbocycles. The molecule has 0 radical (unpaired) electrons. The molecule has 232 valence electrons. The molecule has 43 heavy (non-hydrogen) atoms. The fourth-order valence-corrected chi connectivity index (χ4v) is 5.76. The number of carbonyl (C=O) groups excluding carboxylic acids is 5. The molecule has 1 heterocycles. The lowest BCUT2D eigenvalue weighted by atomic mass is 9.92. The van der Waals surface area contributed by atoms with Crippen molar-refractivity contribution in [3.05, 3.63) is 71.8 Å². The topological polar surface area (TPSA) is 121 Å². The van der Waals surface area contributed by atoms with Crippen molar-refractivity contribution in [2.75, 3.05) is 27.2 Å². The molecule has 3 rings (SSSR count). The molecule has 2 N–H and O–H groups in total. The third-order valence-electron chi connectivity index (χ3n) is 8.36. The number of amides is 4. The van der Waals surface area contributed by atoms with Crippen molar-refractivity contribution in [1.29, 1.82) is 0 Å². The lowest BCUT2D eigenvalue weighted by Gasteiger charge is -2.36. The van der Waals surface area contributed by atoms with Gasteiger partial charge in [0.15, 0.2) is 5.78 Å². The van der Waals surface area contributed by atoms with Crippen LogP contribution >= 0.6 is 0 Å². The predicted molar refractivity (Wildman–Crippen MR) is 166 cm³/mol. The van der Waals surface area contributed by atoms with Crippen LogP contribution in [0, 0.1) is 11.8 Å². The SMILES string of the molecule is C[C@H](CC(=O)[C@H](Cc1ccccc1)N(C)C(=O)[C@H](Cc1ccccc1)N(C)C(=O)[C@@H](C)CC(N)=O)C(=O)N1CCCCC1. The second-order valence-electron chi connectivity index (χ2n) is 11.8. The number of primary amides is 1. The smallest absolute Gasteiger partial charge is 0.246 e. The molecule has 2 aromatic carbocycles. The second kappa shape index (κ2) is 16.0. The Bertz CT molecular complexity index is 1250. The number of likely N-dealkylation sites (tertiary alicyclic amines) is 1. The van der Waals surface area contributed by atoms with E-state index >= 15 is 0 Å². The van der Waals surface area contributed by atoms with E-state index in [0.29, 0.717) is 13.1 Å². The molecule has 1 fully saturated rings. The van der Waals surface area contributed by atoms with Gasteiger partial charge in [0.25, 0.3) is 0 Å². The normalized spacial score (nSPS) is 16.0. The van der Waals surface area contributed by atoms with E-state index in [4.69, 9.17) is 5.73 Å². The summed E-state index contributed by atoms with van der Waals surface area (Å²) in [6.45, 7) is 4.80. The fraction of sp³-hybridized carbons (Fsp3) is 0.500. The summed E-state index contributed by atoms with van der Waals surface area (Å²) in [7, 11) is 3.14. The molecular weight excluding hydrogens is 544 g/mol. The van der Waals surface area contributed by atoms with Gasteiger partial charge in [-0.3, -0.25) is 24.0 Å². The van der Waals surface area contributed by atoms with Gasteiger partial charge in [-0.25, -0.2) is 0 Å². The molecule has 4 amide bonds. The third kappa shape index (κ3) is 9.49. The average Bonchev–Trinajstić information content (AvgIpc) is 3.01. The quantitative estimate of drug-likeness (QED) is 0.362. The summed E-state index contributed by atoms with van der Waals surface area (Å²) in [6, 6.07) is 17.1. The Hall–Kier alpha value is -4.01. The first-order valence-corrected chi connectivity index (χ1v) is 15.2. The number of benzene rings is 2. The van der Waals surface area contributed by atoms with E-state index in [1.54, 1.807) is 27.9 Å². The van der Waals surface area contributed by atoms with E-state index in [1.807, 2.05) is 65.6 Å². The first-order chi connectivity index (χ1) is 20.5. The van der Waals surface area contributed by atoms with Gasteiger partial charge in [0.05, 0.1) is 6.04 Å². The first kappa shape index (κ1) is 33.5. The van der Waals surface area contributed by atoms with Gasteiger partial charge in [0, 0.05) is 58.3 Å². The molecular formula is C34H46N4O5. The van der Waals surface area contributed by atoms with Crippen molar-refractivity contribution in [3.8, 4) is 0 Å². The number of piperidine rings is 1. The van der Waals surface area contributed by atoms with Crippen LogP contribution in [0.3, 0.4) is 0 Å². The summed E-state index contributed by atoms with van der Waals surface area (Å²) in [5, 5.41) is 0. The molecule has 0 bridgehead atoms. The maximum absolute atomic E-state index is 14.3. The Balaban J connectivity index is 1.89. The highest BCUT2D eigenvalue weighted by molar-refractivity contribution is 5.95. The zero-order chi connectivity index (χ0) is 31.5. The van der Waals surface area contributed by atoms with Crippen molar-refractivity contribution in [3.63, 3.8) is 0 Å². The Morgan fingerprint density at radius 3 is 1.70 bits per heavy atom. The van der Waals surface area contributed by atoms with Crippen LogP contribution in [-0.4, -0.2) is 83.4 Å². The molecule has 9 heteroatoms. The molecule has 1 aliphatic heterocycles. The first-order valence-electron chi connectivity index (χ1n) is 15.2. The Morgan fingerprint density at radius 1 is 0.698 bits per heavy atom. The summed E-state index contributed by atoms with van der Waals surface area (Å²) in [5.74, 6) is -2.82. The highest BCUT2D eigenvalue weighted by atomic mass is 16.2. The molecule has 0 spiro atoms. The summed E-state index contributed by atoms with van der Waals surface area (Å²) in [4.78, 5) is 70.8. The summed E-state index contributed by atoms with van der Waals surface area (Å²) in [5.41, 5.74) is 7.08. The van der Waals surface area contributed by atoms with Gasteiger partial charge in [-0.1, -0.05) is 74.5 Å². The Morgan fingerprint density at radius 2 is 1.19 bits per heavy atom. The minimum atomic E-state index is -0.922. The van der Waals surface area contributed by atoms with Crippen molar-refractivity contribution < 1.29 is 24.0 Å². The van der Waals surface area contributed by atoms with E-state index in [1.165, 1.54) is 9.80 Å².